The molecule has 0 aliphatic carbocycles. The van der Waals surface area contributed by atoms with Crippen LogP contribution in [0.15, 0.2) is 66.3 Å². The van der Waals surface area contributed by atoms with Crippen molar-refractivity contribution in [3.63, 3.8) is 0 Å². The zero-order valence-electron chi connectivity index (χ0n) is 20.6. The lowest BCUT2D eigenvalue weighted by Crippen LogP contribution is -2.41. The number of carbonyl (C=O) groups is 1. The second-order valence-corrected chi connectivity index (χ2v) is 8.49. The van der Waals surface area contributed by atoms with Gasteiger partial charge >= 0.3 is 0 Å². The molecule has 0 unspecified atom stereocenters. The Hall–Kier alpha value is -4.60. The van der Waals surface area contributed by atoms with Crippen LogP contribution in [0.2, 0.25) is 0 Å². The molecule has 1 saturated heterocycles. The second-order valence-electron chi connectivity index (χ2n) is 8.49. The topological polar surface area (TPSA) is 112 Å². The summed E-state index contributed by atoms with van der Waals surface area (Å²) in [6.45, 7) is 4.80. The van der Waals surface area contributed by atoms with Crippen LogP contribution in [0.4, 0.5) is 11.5 Å². The first-order chi connectivity index (χ1) is 18.1. The number of piperidine rings is 1. The van der Waals surface area contributed by atoms with Gasteiger partial charge in [0.05, 0.1) is 31.6 Å². The molecule has 1 N–H and O–H groups in total. The molecule has 4 aromatic rings. The fourth-order valence-corrected chi connectivity index (χ4v) is 4.36. The van der Waals surface area contributed by atoms with Crippen molar-refractivity contribution in [2.45, 2.75) is 18.9 Å². The second kappa shape index (κ2) is 10.6. The number of aromatic nitrogens is 3. The summed E-state index contributed by atoms with van der Waals surface area (Å²) >= 11 is 0. The number of hydrogen-bond donors (Lipinski definition) is 1. The Balaban J connectivity index is 1.45. The number of fused-ring (bicyclic) bond motifs is 1. The number of rotatable bonds is 8. The largest absolute Gasteiger partial charge is 0.495 e. The average Bonchev–Trinajstić information content (AvgIpc) is 3.48. The molecule has 5 rings (SSSR count). The molecule has 2 aromatic heterocycles. The molecule has 10 heteroatoms. The van der Waals surface area contributed by atoms with Crippen LogP contribution in [0.3, 0.4) is 0 Å². The molecule has 0 radical (unpaired) electrons. The summed E-state index contributed by atoms with van der Waals surface area (Å²) in [5.41, 5.74) is 2.23. The number of anilines is 2. The molecule has 0 bridgehead atoms. The molecular weight excluding hydrogens is 474 g/mol. The van der Waals surface area contributed by atoms with Gasteiger partial charge in [0.25, 0.3) is 0 Å². The summed E-state index contributed by atoms with van der Waals surface area (Å²) in [6, 6.07) is 9.37. The first-order valence-corrected chi connectivity index (χ1v) is 11.8. The van der Waals surface area contributed by atoms with Crippen molar-refractivity contribution in [1.29, 1.82) is 0 Å². The molecule has 190 valence electrons. The van der Waals surface area contributed by atoms with Crippen LogP contribution in [-0.4, -0.2) is 59.2 Å². The smallest absolute Gasteiger partial charge is 0.245 e. The lowest BCUT2D eigenvalue weighted by molar-refractivity contribution is -0.127. The van der Waals surface area contributed by atoms with Gasteiger partial charge in [0.1, 0.15) is 24.0 Å². The number of oxazole rings is 1. The standard InChI is InChI=1S/C27H27N5O5/c1-4-26(33)32-9-7-18(8-10-32)37-24-12-19-20(13-23(24)35-3)29-15-30-27(19)31-21-11-17(5-6-22(21)34-2)25-14-28-16-36-25/h4-6,11-16,18H,1,7-10H2,2-3H3,(H,29,30,31). The Kier molecular flexibility index (Phi) is 6.89. The molecule has 0 atom stereocenters. The first kappa shape index (κ1) is 24.1. The van der Waals surface area contributed by atoms with Crippen LogP contribution in [0.5, 0.6) is 17.2 Å². The van der Waals surface area contributed by atoms with E-state index in [1.807, 2.05) is 30.3 Å². The highest BCUT2D eigenvalue weighted by atomic mass is 16.5. The zero-order valence-corrected chi connectivity index (χ0v) is 20.6. The van der Waals surface area contributed by atoms with Gasteiger partial charge in [-0.15, -0.1) is 0 Å². The Labute approximate surface area is 213 Å². The third kappa shape index (κ3) is 5.04. The van der Waals surface area contributed by atoms with E-state index < -0.39 is 0 Å². The average molecular weight is 502 g/mol. The quantitative estimate of drug-likeness (QED) is 0.346. The predicted octanol–water partition coefficient (Wildman–Crippen LogP) is 4.60. The predicted molar refractivity (Wildman–Crippen MR) is 138 cm³/mol. The summed E-state index contributed by atoms with van der Waals surface area (Å²) < 4.78 is 23.0. The van der Waals surface area contributed by atoms with Crippen LogP contribution in [0.25, 0.3) is 22.2 Å². The molecule has 1 aliphatic heterocycles. The van der Waals surface area contributed by atoms with Gasteiger partial charge in [-0.05, 0) is 30.3 Å². The van der Waals surface area contributed by atoms with E-state index in [1.54, 1.807) is 25.3 Å². The van der Waals surface area contributed by atoms with E-state index in [0.29, 0.717) is 66.0 Å². The van der Waals surface area contributed by atoms with E-state index in [0.717, 1.165) is 10.9 Å². The highest BCUT2D eigenvalue weighted by molar-refractivity contribution is 5.93. The number of ether oxygens (including phenoxy) is 3. The zero-order chi connectivity index (χ0) is 25.8. The van der Waals surface area contributed by atoms with Gasteiger partial charge in [-0.25, -0.2) is 15.0 Å². The van der Waals surface area contributed by atoms with E-state index in [2.05, 4.69) is 26.8 Å². The lowest BCUT2D eigenvalue weighted by Gasteiger charge is -2.31. The molecule has 1 aliphatic rings. The van der Waals surface area contributed by atoms with Crippen molar-refractivity contribution in [3.8, 4) is 28.6 Å². The summed E-state index contributed by atoms with van der Waals surface area (Å²) in [6.07, 6.45) is 7.24. The van der Waals surface area contributed by atoms with E-state index in [-0.39, 0.29) is 12.0 Å². The maximum Gasteiger partial charge on any atom is 0.245 e. The van der Waals surface area contributed by atoms with Gasteiger partial charge in [-0.3, -0.25) is 4.79 Å². The van der Waals surface area contributed by atoms with Crippen molar-refractivity contribution in [2.75, 3.05) is 32.6 Å². The number of nitrogens with one attached hydrogen (secondary N) is 1. The van der Waals surface area contributed by atoms with E-state index in [9.17, 15) is 4.79 Å². The minimum absolute atomic E-state index is 0.0556. The summed E-state index contributed by atoms with van der Waals surface area (Å²) in [5.74, 6) is 2.96. The van der Waals surface area contributed by atoms with Crippen molar-refractivity contribution in [1.82, 2.24) is 19.9 Å². The Morgan fingerprint density at radius 1 is 1.11 bits per heavy atom. The molecule has 0 spiro atoms. The van der Waals surface area contributed by atoms with Crippen molar-refractivity contribution in [3.05, 3.63) is 61.9 Å². The molecule has 3 heterocycles. The molecule has 1 fully saturated rings. The number of nitrogens with zero attached hydrogens (tertiary/aromatic N) is 4. The van der Waals surface area contributed by atoms with Crippen LogP contribution in [0.1, 0.15) is 12.8 Å². The molecule has 37 heavy (non-hydrogen) atoms. The van der Waals surface area contributed by atoms with Crippen molar-refractivity contribution in [2.24, 2.45) is 0 Å². The SMILES string of the molecule is C=CC(=O)N1CCC(Oc2cc3c(Nc4cc(-c5cnco5)ccc4OC)ncnc3cc2OC)CC1. The van der Waals surface area contributed by atoms with Gasteiger partial charge in [0.15, 0.2) is 23.7 Å². The van der Waals surface area contributed by atoms with Crippen LogP contribution >= 0.6 is 0 Å². The monoisotopic (exact) mass is 501 g/mol. The molecule has 2 aromatic carbocycles. The number of hydrogen-bond acceptors (Lipinski definition) is 9. The third-order valence-electron chi connectivity index (χ3n) is 6.31. The number of carbonyl (C=O) groups excluding carboxylic acids is 1. The fourth-order valence-electron chi connectivity index (χ4n) is 4.36. The highest BCUT2D eigenvalue weighted by Gasteiger charge is 2.24. The minimum Gasteiger partial charge on any atom is -0.495 e. The fraction of sp³-hybridized carbons (Fsp3) is 0.259. The Bertz CT molecular complexity index is 1410. The van der Waals surface area contributed by atoms with E-state index in [4.69, 9.17) is 18.6 Å². The number of methoxy groups -OCH3 is 2. The van der Waals surface area contributed by atoms with Crippen molar-refractivity contribution >= 4 is 28.3 Å². The third-order valence-corrected chi connectivity index (χ3v) is 6.31. The van der Waals surface area contributed by atoms with E-state index in [1.165, 1.54) is 18.8 Å². The number of benzene rings is 2. The molecule has 10 nitrogen and oxygen atoms in total. The summed E-state index contributed by atoms with van der Waals surface area (Å²) in [4.78, 5) is 26.6. The first-order valence-electron chi connectivity index (χ1n) is 11.8. The van der Waals surface area contributed by atoms with Gasteiger partial charge in [-0.2, -0.15) is 0 Å². The van der Waals surface area contributed by atoms with Gasteiger partial charge < -0.3 is 28.8 Å². The molecule has 1 amide bonds. The Morgan fingerprint density at radius 3 is 2.62 bits per heavy atom. The van der Waals surface area contributed by atoms with Gasteiger partial charge in [0, 0.05) is 42.9 Å². The van der Waals surface area contributed by atoms with Crippen LogP contribution in [-0.2, 0) is 4.79 Å². The van der Waals surface area contributed by atoms with Crippen LogP contribution < -0.4 is 19.5 Å². The maximum atomic E-state index is 11.9. The number of likely N-dealkylation sites (tertiary alicyclic amines) is 1. The van der Waals surface area contributed by atoms with Crippen molar-refractivity contribution < 1.29 is 23.4 Å². The summed E-state index contributed by atoms with van der Waals surface area (Å²) in [7, 11) is 3.21. The maximum absolute atomic E-state index is 11.9. The molecule has 0 saturated carbocycles. The van der Waals surface area contributed by atoms with Crippen LogP contribution in [0, 0.1) is 0 Å². The van der Waals surface area contributed by atoms with E-state index >= 15 is 0 Å². The molecular formula is C27H27N5O5. The van der Waals surface area contributed by atoms with Gasteiger partial charge in [0.2, 0.25) is 5.91 Å². The minimum atomic E-state index is -0.0580. The Morgan fingerprint density at radius 2 is 1.92 bits per heavy atom. The summed E-state index contributed by atoms with van der Waals surface area (Å²) in [5, 5.41) is 4.13. The lowest BCUT2D eigenvalue weighted by atomic mass is 10.1. The normalized spacial score (nSPS) is 13.8. The number of amides is 1. The van der Waals surface area contributed by atoms with Gasteiger partial charge in [-0.1, -0.05) is 6.58 Å². The highest BCUT2D eigenvalue weighted by Crippen LogP contribution is 2.38.